The van der Waals surface area contributed by atoms with Gasteiger partial charge in [-0.2, -0.15) is 4.98 Å². The summed E-state index contributed by atoms with van der Waals surface area (Å²) in [6.45, 7) is 0. The van der Waals surface area contributed by atoms with Crippen molar-refractivity contribution in [1.29, 1.82) is 0 Å². The number of hydrogen-bond donors (Lipinski definition) is 1. The van der Waals surface area contributed by atoms with Crippen molar-refractivity contribution in [1.82, 2.24) is 24.1 Å². The number of hydrogen-bond acceptors (Lipinski definition) is 4. The third-order valence-electron chi connectivity index (χ3n) is 3.34. The lowest BCUT2D eigenvalue weighted by Crippen LogP contribution is -2.01. The van der Waals surface area contributed by atoms with E-state index in [2.05, 4.69) is 20.4 Å². The van der Waals surface area contributed by atoms with Gasteiger partial charge in [0, 0.05) is 12.3 Å². The van der Waals surface area contributed by atoms with Crippen LogP contribution in [0.3, 0.4) is 0 Å². The molecule has 0 aliphatic carbocycles. The first-order valence-corrected chi connectivity index (χ1v) is 7.25. The summed E-state index contributed by atoms with van der Waals surface area (Å²) >= 11 is 5.89. The summed E-state index contributed by atoms with van der Waals surface area (Å²) in [5.74, 6) is -0.412. The van der Waals surface area contributed by atoms with Crippen LogP contribution in [0.5, 0.6) is 0 Å². The van der Waals surface area contributed by atoms with E-state index in [0.717, 1.165) is 6.07 Å². The monoisotopic (exact) mass is 346 g/mol. The molecular weight excluding hydrogens is 338 g/mol. The zero-order chi connectivity index (χ0) is 16.7. The maximum atomic E-state index is 13.3. The van der Waals surface area contributed by atoms with Crippen LogP contribution >= 0.6 is 11.6 Å². The zero-order valence-corrected chi connectivity index (χ0v) is 12.7. The van der Waals surface area contributed by atoms with Gasteiger partial charge in [-0.25, -0.2) is 18.3 Å². The van der Waals surface area contributed by atoms with Gasteiger partial charge in [-0.15, -0.1) is 5.10 Å². The lowest BCUT2D eigenvalue weighted by atomic mass is 10.3. The molecule has 120 valence electrons. The smallest absolute Gasteiger partial charge is 0.243 e. The second kappa shape index (κ2) is 5.57. The average Bonchev–Trinajstić information content (AvgIpc) is 3.15. The van der Waals surface area contributed by atoms with E-state index in [-0.39, 0.29) is 5.28 Å². The molecule has 0 bridgehead atoms. The molecule has 0 fully saturated rings. The number of aromatic nitrogens is 5. The molecule has 0 spiro atoms. The van der Waals surface area contributed by atoms with Gasteiger partial charge >= 0.3 is 0 Å². The minimum absolute atomic E-state index is 0.0767. The zero-order valence-electron chi connectivity index (χ0n) is 12.0. The molecule has 0 saturated heterocycles. The number of rotatable bonds is 3. The Labute approximate surface area is 139 Å². The van der Waals surface area contributed by atoms with Crippen LogP contribution in [-0.2, 0) is 0 Å². The van der Waals surface area contributed by atoms with Crippen molar-refractivity contribution in [3.63, 3.8) is 0 Å². The maximum absolute atomic E-state index is 13.3. The Morgan fingerprint density at radius 2 is 1.92 bits per heavy atom. The van der Waals surface area contributed by atoms with Gasteiger partial charge in [-0.1, -0.05) is 0 Å². The predicted molar refractivity (Wildman–Crippen MR) is 84.8 cm³/mol. The van der Waals surface area contributed by atoms with E-state index in [1.54, 1.807) is 23.0 Å². The number of benzene rings is 1. The molecule has 1 aromatic carbocycles. The fourth-order valence-electron chi connectivity index (χ4n) is 2.34. The Kier molecular flexibility index (Phi) is 3.39. The van der Waals surface area contributed by atoms with Crippen molar-refractivity contribution in [2.24, 2.45) is 0 Å². The molecule has 4 rings (SSSR count). The van der Waals surface area contributed by atoms with Crippen molar-refractivity contribution in [3.05, 3.63) is 66.0 Å². The van der Waals surface area contributed by atoms with Gasteiger partial charge < -0.3 is 9.88 Å². The van der Waals surface area contributed by atoms with Crippen molar-refractivity contribution < 1.29 is 8.78 Å². The first kappa shape index (κ1) is 14.6. The van der Waals surface area contributed by atoms with Gasteiger partial charge in [0.05, 0.1) is 11.9 Å². The summed E-state index contributed by atoms with van der Waals surface area (Å²) in [6, 6.07) is 6.85. The van der Waals surface area contributed by atoms with E-state index in [4.69, 9.17) is 11.6 Å². The molecule has 0 amide bonds. The molecule has 3 aromatic heterocycles. The largest absolute Gasteiger partial charge is 0.322 e. The summed E-state index contributed by atoms with van der Waals surface area (Å²) < 4.78 is 29.7. The van der Waals surface area contributed by atoms with Gasteiger partial charge in [-0.05, 0) is 35.9 Å². The van der Waals surface area contributed by atoms with E-state index < -0.39 is 11.6 Å². The summed E-state index contributed by atoms with van der Waals surface area (Å²) in [4.78, 5) is 8.29. The minimum atomic E-state index is -0.661. The predicted octanol–water partition coefficient (Wildman–Crippen LogP) is 3.59. The van der Waals surface area contributed by atoms with Crippen LogP contribution in [0.1, 0.15) is 0 Å². The second-order valence-corrected chi connectivity index (χ2v) is 5.32. The van der Waals surface area contributed by atoms with Crippen LogP contribution in [0, 0.1) is 11.6 Å². The fraction of sp³-hybridized carbons (Fsp3) is 0. The van der Waals surface area contributed by atoms with Crippen molar-refractivity contribution in [2.75, 3.05) is 5.32 Å². The highest BCUT2D eigenvalue weighted by molar-refractivity contribution is 6.28. The molecule has 24 heavy (non-hydrogen) atoms. The maximum Gasteiger partial charge on any atom is 0.243 e. The van der Waals surface area contributed by atoms with E-state index in [1.807, 2.05) is 6.07 Å². The molecule has 3 heterocycles. The standard InChI is InChI=1S/C15H9ClF2N6/c16-15-21-14(12-2-1-3-24(12)22-15)20-13-7-23(8-19-13)11-5-9(17)4-10(18)6-11/h1-8H,(H,20,21,22). The van der Waals surface area contributed by atoms with E-state index in [0.29, 0.717) is 22.8 Å². The Morgan fingerprint density at radius 1 is 1.12 bits per heavy atom. The highest BCUT2D eigenvalue weighted by Gasteiger charge is 2.09. The van der Waals surface area contributed by atoms with Crippen LogP contribution < -0.4 is 5.32 Å². The molecule has 6 nitrogen and oxygen atoms in total. The molecule has 0 atom stereocenters. The topological polar surface area (TPSA) is 60.0 Å². The molecule has 0 unspecified atom stereocenters. The minimum Gasteiger partial charge on any atom is -0.322 e. The Morgan fingerprint density at radius 3 is 2.71 bits per heavy atom. The fourth-order valence-corrected chi connectivity index (χ4v) is 2.50. The number of nitrogens with zero attached hydrogens (tertiary/aromatic N) is 5. The van der Waals surface area contributed by atoms with Gasteiger partial charge in [-0.3, -0.25) is 0 Å². The summed E-state index contributed by atoms with van der Waals surface area (Å²) in [7, 11) is 0. The van der Waals surface area contributed by atoms with Crippen molar-refractivity contribution in [2.45, 2.75) is 0 Å². The van der Waals surface area contributed by atoms with Crippen LogP contribution in [0.4, 0.5) is 20.4 Å². The lowest BCUT2D eigenvalue weighted by molar-refractivity contribution is 0.581. The molecule has 0 radical (unpaired) electrons. The number of imidazole rings is 1. The quantitative estimate of drug-likeness (QED) is 0.616. The van der Waals surface area contributed by atoms with E-state index >= 15 is 0 Å². The Hall–Kier alpha value is -3.00. The number of fused-ring (bicyclic) bond motifs is 1. The van der Waals surface area contributed by atoms with E-state index in [1.165, 1.54) is 23.0 Å². The Balaban J connectivity index is 1.69. The summed E-state index contributed by atoms with van der Waals surface area (Å²) in [5.41, 5.74) is 1.03. The van der Waals surface area contributed by atoms with Crippen molar-refractivity contribution in [3.8, 4) is 5.69 Å². The van der Waals surface area contributed by atoms with Gasteiger partial charge in [0.15, 0.2) is 5.82 Å². The van der Waals surface area contributed by atoms with Gasteiger partial charge in [0.2, 0.25) is 5.28 Å². The van der Waals surface area contributed by atoms with E-state index in [9.17, 15) is 8.78 Å². The normalized spacial score (nSPS) is 11.1. The van der Waals surface area contributed by atoms with Crippen LogP contribution in [0.15, 0.2) is 49.1 Å². The first-order chi connectivity index (χ1) is 11.6. The Bertz CT molecular complexity index is 1020. The molecule has 0 aliphatic heterocycles. The average molecular weight is 347 g/mol. The number of anilines is 2. The third-order valence-corrected chi connectivity index (χ3v) is 3.50. The molecule has 9 heteroatoms. The molecule has 0 saturated carbocycles. The first-order valence-electron chi connectivity index (χ1n) is 6.87. The third kappa shape index (κ3) is 2.67. The van der Waals surface area contributed by atoms with Crippen molar-refractivity contribution >= 4 is 28.8 Å². The van der Waals surface area contributed by atoms with Crippen LogP contribution in [0.2, 0.25) is 5.28 Å². The van der Waals surface area contributed by atoms with Crippen LogP contribution in [0.25, 0.3) is 11.2 Å². The molecular formula is C15H9ClF2N6. The number of nitrogens with one attached hydrogen (secondary N) is 1. The summed E-state index contributed by atoms with van der Waals surface area (Å²) in [6.07, 6.45) is 4.76. The second-order valence-electron chi connectivity index (χ2n) is 4.99. The number of halogens is 3. The highest BCUT2D eigenvalue weighted by Crippen LogP contribution is 2.21. The molecule has 1 N–H and O–H groups in total. The van der Waals surface area contributed by atoms with Gasteiger partial charge in [0.25, 0.3) is 0 Å². The summed E-state index contributed by atoms with van der Waals surface area (Å²) in [5, 5.41) is 7.13. The lowest BCUT2D eigenvalue weighted by Gasteiger charge is -2.05. The SMILES string of the molecule is Fc1cc(F)cc(-n2cnc(Nc3nc(Cl)nn4cccc34)c2)c1. The van der Waals surface area contributed by atoms with Gasteiger partial charge in [0.1, 0.15) is 29.3 Å². The molecule has 0 aliphatic rings. The van der Waals surface area contributed by atoms with Crippen LogP contribution in [-0.4, -0.2) is 24.1 Å². The highest BCUT2D eigenvalue weighted by atomic mass is 35.5. The molecule has 4 aromatic rings.